The van der Waals surface area contributed by atoms with E-state index >= 15 is 0 Å². The molecule has 0 aliphatic carbocycles. The highest BCUT2D eigenvalue weighted by molar-refractivity contribution is 5.83. The number of carboxylic acids is 1. The number of amides is 1. The van der Waals surface area contributed by atoms with Crippen LogP contribution in [0.1, 0.15) is 181 Å². The highest BCUT2D eigenvalue weighted by atomic mass is 16.5. The molecule has 0 spiro atoms. The van der Waals surface area contributed by atoms with E-state index in [9.17, 15) is 19.5 Å². The van der Waals surface area contributed by atoms with Crippen molar-refractivity contribution in [2.24, 2.45) is 5.73 Å². The molecule has 0 aromatic carbocycles. The third-order valence-corrected chi connectivity index (χ3v) is 7.90. The van der Waals surface area contributed by atoms with Crippen molar-refractivity contribution in [3.05, 3.63) is 0 Å². The molecule has 0 aliphatic rings. The van der Waals surface area contributed by atoms with Gasteiger partial charge in [0.05, 0.1) is 0 Å². The highest BCUT2D eigenvalue weighted by Gasteiger charge is 2.19. The van der Waals surface area contributed by atoms with Gasteiger partial charge in [-0.2, -0.15) is 0 Å². The lowest BCUT2D eigenvalue weighted by Crippen LogP contribution is -2.40. The summed E-state index contributed by atoms with van der Waals surface area (Å²) in [5, 5.41) is 11.8. The quantitative estimate of drug-likeness (QED) is 0.0556. The Morgan fingerprint density at radius 2 is 1.10 bits per heavy atom. The Morgan fingerprint density at radius 1 is 0.610 bits per heavy atom. The Labute approximate surface area is 252 Å². The summed E-state index contributed by atoms with van der Waals surface area (Å²) >= 11 is 0. The minimum Gasteiger partial charge on any atom is -0.480 e. The number of nitrogens with two attached hydrogens (primary N) is 1. The van der Waals surface area contributed by atoms with Gasteiger partial charge < -0.3 is 20.9 Å². The van der Waals surface area contributed by atoms with Crippen molar-refractivity contribution in [3.63, 3.8) is 0 Å². The molecule has 0 heterocycles. The molecule has 0 aromatic rings. The first-order valence-corrected chi connectivity index (χ1v) is 17.4. The van der Waals surface area contributed by atoms with Gasteiger partial charge in [-0.1, -0.05) is 123 Å². The van der Waals surface area contributed by atoms with Gasteiger partial charge >= 0.3 is 11.9 Å². The lowest BCUT2D eigenvalue weighted by atomic mass is 10.0. The summed E-state index contributed by atoms with van der Waals surface area (Å²) in [4.78, 5) is 35.7. The Hall–Kier alpha value is -1.63. The fourth-order valence-electron chi connectivity index (χ4n) is 5.33. The van der Waals surface area contributed by atoms with Crippen LogP contribution in [0.3, 0.4) is 0 Å². The molecule has 4 N–H and O–H groups in total. The van der Waals surface area contributed by atoms with Gasteiger partial charge in [0.15, 0.2) is 0 Å². The third kappa shape index (κ3) is 27.0. The third-order valence-electron chi connectivity index (χ3n) is 7.90. The zero-order valence-electron chi connectivity index (χ0n) is 26.9. The van der Waals surface area contributed by atoms with Crippen molar-refractivity contribution in [1.82, 2.24) is 5.32 Å². The van der Waals surface area contributed by atoms with Crippen LogP contribution in [0.15, 0.2) is 0 Å². The molecule has 0 saturated carbocycles. The molecule has 41 heavy (non-hydrogen) atoms. The molecule has 1 amide bonds. The first-order chi connectivity index (χ1) is 19.9. The predicted molar refractivity (Wildman–Crippen MR) is 170 cm³/mol. The van der Waals surface area contributed by atoms with Crippen LogP contribution in [0.5, 0.6) is 0 Å². The molecule has 2 unspecified atom stereocenters. The van der Waals surface area contributed by atoms with Gasteiger partial charge in [-0.3, -0.25) is 9.59 Å². The molecule has 7 nitrogen and oxygen atoms in total. The summed E-state index contributed by atoms with van der Waals surface area (Å²) in [6.45, 7) is 4.78. The van der Waals surface area contributed by atoms with E-state index in [4.69, 9.17) is 10.5 Å². The van der Waals surface area contributed by atoms with Crippen LogP contribution >= 0.6 is 0 Å². The first-order valence-electron chi connectivity index (χ1n) is 17.4. The van der Waals surface area contributed by atoms with Crippen LogP contribution in [-0.4, -0.2) is 41.6 Å². The van der Waals surface area contributed by atoms with Crippen molar-refractivity contribution in [3.8, 4) is 0 Å². The maximum absolute atomic E-state index is 12.4. The van der Waals surface area contributed by atoms with E-state index in [0.717, 1.165) is 44.9 Å². The zero-order chi connectivity index (χ0) is 30.4. The monoisotopic (exact) mass is 582 g/mol. The van der Waals surface area contributed by atoms with Crippen molar-refractivity contribution in [2.45, 2.75) is 193 Å². The van der Waals surface area contributed by atoms with Crippen molar-refractivity contribution < 1.29 is 24.2 Å². The molecule has 242 valence electrons. The Bertz CT molecular complexity index is 628. The van der Waals surface area contributed by atoms with Crippen LogP contribution in [0, 0.1) is 0 Å². The van der Waals surface area contributed by atoms with E-state index in [0.29, 0.717) is 38.6 Å². The fraction of sp³-hybridized carbons (Fsp3) is 0.912. The topological polar surface area (TPSA) is 119 Å². The van der Waals surface area contributed by atoms with Gasteiger partial charge in [-0.25, -0.2) is 4.79 Å². The molecular weight excluding hydrogens is 516 g/mol. The number of unbranched alkanes of at least 4 members (excludes halogenated alkanes) is 17. The SMILES string of the molecule is CCCCCCCCCCCCCCCCCCC(=O)OC(CCC)CCCCCC(=O)NC(CCCN)C(=O)O. The average molecular weight is 583 g/mol. The van der Waals surface area contributed by atoms with Gasteiger partial charge in [0, 0.05) is 12.8 Å². The van der Waals surface area contributed by atoms with Crippen LogP contribution in [0.4, 0.5) is 0 Å². The second-order valence-electron chi connectivity index (χ2n) is 11.9. The number of rotatable bonds is 31. The number of aliphatic carboxylic acids is 1. The molecular formula is C34H66N2O5. The molecule has 0 bridgehead atoms. The van der Waals surface area contributed by atoms with Gasteiger partial charge in [0.1, 0.15) is 12.1 Å². The Kier molecular flexibility index (Phi) is 28.7. The minimum atomic E-state index is -1.02. The van der Waals surface area contributed by atoms with Crippen LogP contribution < -0.4 is 11.1 Å². The van der Waals surface area contributed by atoms with Crippen LogP contribution in [0.25, 0.3) is 0 Å². The minimum absolute atomic E-state index is 0.0463. The number of carboxylic acid groups (broad SMARTS) is 1. The number of esters is 1. The number of hydrogen-bond donors (Lipinski definition) is 3. The molecule has 0 radical (unpaired) electrons. The summed E-state index contributed by atoms with van der Waals surface area (Å²) < 4.78 is 5.77. The van der Waals surface area contributed by atoms with E-state index in [-0.39, 0.29) is 18.0 Å². The van der Waals surface area contributed by atoms with Gasteiger partial charge in [-0.05, 0) is 51.5 Å². The van der Waals surface area contributed by atoms with E-state index in [1.807, 2.05) is 0 Å². The Morgan fingerprint density at radius 3 is 1.59 bits per heavy atom. The summed E-state index contributed by atoms with van der Waals surface area (Å²) in [5.41, 5.74) is 5.44. The molecule has 2 atom stereocenters. The highest BCUT2D eigenvalue weighted by Crippen LogP contribution is 2.17. The normalized spacial score (nSPS) is 12.7. The summed E-state index contributed by atoms with van der Waals surface area (Å²) in [6, 6.07) is -0.867. The summed E-state index contributed by atoms with van der Waals surface area (Å²) in [6.07, 6.45) is 27.9. The van der Waals surface area contributed by atoms with E-state index in [1.165, 1.54) is 89.9 Å². The van der Waals surface area contributed by atoms with Crippen molar-refractivity contribution >= 4 is 17.8 Å². The van der Waals surface area contributed by atoms with Crippen LogP contribution in [0.2, 0.25) is 0 Å². The lowest BCUT2D eigenvalue weighted by Gasteiger charge is -2.17. The standard InChI is InChI=1S/C34H66N2O5/c1-3-5-6-7-8-9-10-11-12-13-14-15-16-17-18-22-28-33(38)41-30(24-4-2)25-20-19-21-27-32(37)36-31(34(39)40)26-23-29-35/h30-31H,3-29,35H2,1-2H3,(H,36,37)(H,39,40). The maximum Gasteiger partial charge on any atom is 0.326 e. The second kappa shape index (κ2) is 29.8. The van der Waals surface area contributed by atoms with Crippen LogP contribution in [-0.2, 0) is 19.1 Å². The van der Waals surface area contributed by atoms with E-state index in [2.05, 4.69) is 19.2 Å². The second-order valence-corrected chi connectivity index (χ2v) is 11.9. The molecule has 0 fully saturated rings. The van der Waals surface area contributed by atoms with Gasteiger partial charge in [0.25, 0.3) is 0 Å². The number of nitrogens with one attached hydrogen (secondary N) is 1. The maximum atomic E-state index is 12.4. The first kappa shape index (κ1) is 39.4. The van der Waals surface area contributed by atoms with Gasteiger partial charge in [-0.15, -0.1) is 0 Å². The molecule has 0 aliphatic heterocycles. The lowest BCUT2D eigenvalue weighted by molar-refractivity contribution is -0.150. The fourth-order valence-corrected chi connectivity index (χ4v) is 5.33. The largest absolute Gasteiger partial charge is 0.480 e. The zero-order valence-corrected chi connectivity index (χ0v) is 26.9. The van der Waals surface area contributed by atoms with E-state index < -0.39 is 12.0 Å². The number of carbonyl (C=O) groups is 3. The van der Waals surface area contributed by atoms with Crippen molar-refractivity contribution in [2.75, 3.05) is 6.54 Å². The molecule has 0 saturated heterocycles. The van der Waals surface area contributed by atoms with Gasteiger partial charge in [0.2, 0.25) is 5.91 Å². The number of ether oxygens (including phenoxy) is 1. The smallest absolute Gasteiger partial charge is 0.326 e. The Balaban J connectivity index is 3.75. The molecule has 7 heteroatoms. The van der Waals surface area contributed by atoms with Crippen molar-refractivity contribution in [1.29, 1.82) is 0 Å². The predicted octanol–water partition coefficient (Wildman–Crippen LogP) is 8.61. The number of hydrogen-bond acceptors (Lipinski definition) is 5. The number of carbonyl (C=O) groups excluding carboxylic acids is 2. The molecule has 0 rings (SSSR count). The summed E-state index contributed by atoms with van der Waals surface area (Å²) in [7, 11) is 0. The summed E-state index contributed by atoms with van der Waals surface area (Å²) in [5.74, 6) is -1.33. The molecule has 0 aromatic heterocycles. The average Bonchev–Trinajstić information content (AvgIpc) is 2.94. The van der Waals surface area contributed by atoms with E-state index in [1.54, 1.807) is 0 Å².